The molecule has 38 heavy (non-hydrogen) atoms. The van der Waals surface area contributed by atoms with E-state index >= 15 is 0 Å². The van der Waals surface area contributed by atoms with Gasteiger partial charge in [-0.2, -0.15) is 0 Å². The fourth-order valence-electron chi connectivity index (χ4n) is 4.51. The normalized spacial score (nSPS) is 15.4. The molecule has 2 heterocycles. The Labute approximate surface area is 234 Å². The molecule has 0 aliphatic carbocycles. The summed E-state index contributed by atoms with van der Waals surface area (Å²) in [6.07, 6.45) is 3.50. The van der Waals surface area contributed by atoms with Crippen molar-refractivity contribution < 1.29 is 14.2 Å². The van der Waals surface area contributed by atoms with Crippen molar-refractivity contribution in [2.75, 3.05) is 71.6 Å². The summed E-state index contributed by atoms with van der Waals surface area (Å²) in [7, 11) is 2.11. The van der Waals surface area contributed by atoms with Crippen molar-refractivity contribution in [1.82, 2.24) is 14.9 Å². The van der Waals surface area contributed by atoms with Crippen LogP contribution in [-0.2, 0) is 20.8 Å². The minimum absolute atomic E-state index is 0.161. The highest BCUT2D eigenvalue weighted by atomic mass is 35.5. The van der Waals surface area contributed by atoms with Gasteiger partial charge in [-0.1, -0.05) is 41.4 Å². The summed E-state index contributed by atoms with van der Waals surface area (Å²) in [5.41, 5.74) is 10.7. The number of rotatable bonds is 14. The molecule has 8 nitrogen and oxygen atoms in total. The van der Waals surface area contributed by atoms with Crippen LogP contribution in [0.15, 0.2) is 48.8 Å². The Hall–Kier alpha value is -2.30. The number of hydrogen-bond donors (Lipinski definition) is 2. The summed E-state index contributed by atoms with van der Waals surface area (Å²) in [5.74, 6) is 0.861. The smallest absolute Gasteiger partial charge is 0.145 e. The number of hydrogen-bond acceptors (Lipinski definition) is 8. The van der Waals surface area contributed by atoms with Crippen LogP contribution in [0.3, 0.4) is 0 Å². The SMILES string of the molecule is CN1Cc2c(Cl)cc(Cl)cc2[C@H](c2cccc(-c3cncc(NCCOCCOCCOCCN)n3)c2)C1. The molecule has 10 heteroatoms. The van der Waals surface area contributed by atoms with Crippen LogP contribution in [0.4, 0.5) is 5.82 Å². The van der Waals surface area contributed by atoms with Gasteiger partial charge in [0.1, 0.15) is 5.82 Å². The topological polar surface area (TPSA) is 94.8 Å². The molecule has 0 saturated heterocycles. The van der Waals surface area contributed by atoms with Crippen molar-refractivity contribution in [2.45, 2.75) is 12.5 Å². The highest BCUT2D eigenvalue weighted by Crippen LogP contribution is 2.39. The molecule has 4 rings (SSSR count). The van der Waals surface area contributed by atoms with E-state index in [0.29, 0.717) is 68.6 Å². The summed E-state index contributed by atoms with van der Waals surface area (Å²) in [6, 6.07) is 12.3. The lowest BCUT2D eigenvalue weighted by Gasteiger charge is -2.33. The molecule has 3 aromatic rings. The molecule has 1 aromatic heterocycles. The first-order valence-electron chi connectivity index (χ1n) is 12.8. The number of fused-ring (bicyclic) bond motifs is 1. The van der Waals surface area contributed by atoms with Gasteiger partial charge in [-0.3, -0.25) is 4.98 Å². The third-order valence-corrected chi connectivity index (χ3v) is 6.83. The molecule has 1 aliphatic heterocycles. The van der Waals surface area contributed by atoms with Crippen molar-refractivity contribution in [3.8, 4) is 11.3 Å². The number of ether oxygens (including phenoxy) is 3. The molecule has 0 bridgehead atoms. The number of nitrogens with zero attached hydrogens (tertiary/aromatic N) is 3. The van der Waals surface area contributed by atoms with E-state index in [1.165, 1.54) is 11.1 Å². The number of nitrogens with two attached hydrogens (primary N) is 1. The molecule has 0 radical (unpaired) electrons. The Morgan fingerprint density at radius 1 is 1.00 bits per heavy atom. The number of aromatic nitrogens is 2. The van der Waals surface area contributed by atoms with Crippen LogP contribution in [0.1, 0.15) is 22.6 Å². The highest BCUT2D eigenvalue weighted by molar-refractivity contribution is 6.35. The lowest BCUT2D eigenvalue weighted by atomic mass is 9.84. The second-order valence-electron chi connectivity index (χ2n) is 9.17. The maximum absolute atomic E-state index is 6.56. The van der Waals surface area contributed by atoms with Crippen molar-refractivity contribution >= 4 is 29.0 Å². The van der Waals surface area contributed by atoms with Crippen LogP contribution in [0.2, 0.25) is 10.0 Å². The molecule has 2 aromatic carbocycles. The van der Waals surface area contributed by atoms with Crippen LogP contribution in [-0.4, -0.2) is 81.2 Å². The summed E-state index contributed by atoms with van der Waals surface area (Å²) in [4.78, 5) is 11.5. The third-order valence-electron chi connectivity index (χ3n) is 6.27. The zero-order valence-corrected chi connectivity index (χ0v) is 23.2. The van der Waals surface area contributed by atoms with Crippen LogP contribution >= 0.6 is 23.2 Å². The van der Waals surface area contributed by atoms with E-state index in [2.05, 4.69) is 46.5 Å². The molecule has 0 amide bonds. The van der Waals surface area contributed by atoms with Gasteiger partial charge < -0.3 is 30.2 Å². The average Bonchev–Trinajstić information content (AvgIpc) is 2.92. The van der Waals surface area contributed by atoms with Gasteiger partial charge in [-0.15, -0.1) is 0 Å². The Bertz CT molecular complexity index is 1180. The third kappa shape index (κ3) is 8.10. The van der Waals surface area contributed by atoms with Crippen LogP contribution in [0, 0.1) is 0 Å². The lowest BCUT2D eigenvalue weighted by molar-refractivity contribution is 0.0179. The predicted molar refractivity (Wildman–Crippen MR) is 152 cm³/mol. The number of anilines is 1. The van der Waals surface area contributed by atoms with Crippen LogP contribution < -0.4 is 11.1 Å². The molecule has 0 saturated carbocycles. The summed E-state index contributed by atoms with van der Waals surface area (Å²) in [5, 5.41) is 4.66. The van der Waals surface area contributed by atoms with Gasteiger partial charge in [0.05, 0.1) is 57.7 Å². The van der Waals surface area contributed by atoms with Gasteiger partial charge in [-0.25, -0.2) is 4.98 Å². The monoisotopic (exact) mass is 559 g/mol. The summed E-state index contributed by atoms with van der Waals surface area (Å²) in [6.45, 7) is 6.05. The standard InChI is InChI=1S/C28H35Cl2N5O3/c1-35-18-24(23-14-22(29)15-26(30)25(23)19-35)20-3-2-4-21(13-20)27-16-32-17-28(34-27)33-6-8-37-10-12-38-11-9-36-7-5-31/h2-4,13-17,24H,5-12,18-19,31H2,1H3,(H,33,34)/t24-/m0/s1. The van der Waals surface area contributed by atoms with Crippen molar-refractivity contribution in [3.63, 3.8) is 0 Å². The van der Waals surface area contributed by atoms with E-state index in [-0.39, 0.29) is 5.92 Å². The van der Waals surface area contributed by atoms with E-state index < -0.39 is 0 Å². The zero-order valence-electron chi connectivity index (χ0n) is 21.7. The van der Waals surface area contributed by atoms with Crippen molar-refractivity contribution in [2.24, 2.45) is 5.73 Å². The van der Waals surface area contributed by atoms with Crippen LogP contribution in [0.5, 0.6) is 0 Å². The second-order valence-corrected chi connectivity index (χ2v) is 10.0. The highest BCUT2D eigenvalue weighted by Gasteiger charge is 2.27. The summed E-state index contributed by atoms with van der Waals surface area (Å²) < 4.78 is 16.3. The predicted octanol–water partition coefficient (Wildman–Crippen LogP) is 4.45. The Morgan fingerprint density at radius 3 is 2.55 bits per heavy atom. The molecule has 1 atom stereocenters. The number of halogens is 2. The van der Waals surface area contributed by atoms with Crippen molar-refractivity contribution in [3.05, 3.63) is 75.5 Å². The minimum Gasteiger partial charge on any atom is -0.378 e. The van der Waals surface area contributed by atoms with Gasteiger partial charge >= 0.3 is 0 Å². The molecule has 1 aliphatic rings. The maximum Gasteiger partial charge on any atom is 0.145 e. The van der Waals surface area contributed by atoms with E-state index in [1.807, 2.05) is 12.1 Å². The minimum atomic E-state index is 0.161. The van der Waals surface area contributed by atoms with Gasteiger partial charge in [0.15, 0.2) is 0 Å². The van der Waals surface area contributed by atoms with Crippen molar-refractivity contribution in [1.29, 1.82) is 0 Å². The molecule has 0 unspecified atom stereocenters. The first-order valence-corrected chi connectivity index (χ1v) is 13.6. The van der Waals surface area contributed by atoms with Crippen LogP contribution in [0.25, 0.3) is 11.3 Å². The Balaban J connectivity index is 1.33. The zero-order chi connectivity index (χ0) is 26.7. The number of benzene rings is 2. The van der Waals surface area contributed by atoms with E-state index in [4.69, 9.17) is 48.1 Å². The first-order chi connectivity index (χ1) is 18.5. The van der Waals surface area contributed by atoms with Gasteiger partial charge in [0.2, 0.25) is 0 Å². The molecule has 0 spiro atoms. The Morgan fingerprint density at radius 2 is 1.76 bits per heavy atom. The van der Waals surface area contributed by atoms with E-state index in [1.54, 1.807) is 12.4 Å². The van der Waals surface area contributed by atoms with Gasteiger partial charge in [0.25, 0.3) is 0 Å². The first kappa shape index (κ1) is 28.7. The Kier molecular flexibility index (Phi) is 11.1. The largest absolute Gasteiger partial charge is 0.378 e. The molecule has 3 N–H and O–H groups in total. The average molecular weight is 561 g/mol. The second kappa shape index (κ2) is 14.7. The van der Waals surface area contributed by atoms with Gasteiger partial charge in [-0.05, 0) is 41.9 Å². The number of nitrogens with one attached hydrogen (secondary N) is 1. The number of likely N-dealkylation sites (N-methyl/N-ethyl adjacent to an activating group) is 1. The maximum atomic E-state index is 6.56. The van der Waals surface area contributed by atoms with Gasteiger partial charge in [0, 0.05) is 47.7 Å². The fraction of sp³-hybridized carbons (Fsp3) is 0.429. The quantitative estimate of drug-likeness (QED) is 0.280. The molecule has 0 fully saturated rings. The molecule has 204 valence electrons. The fourth-order valence-corrected chi connectivity index (χ4v) is 5.08. The lowest BCUT2D eigenvalue weighted by Crippen LogP contribution is -2.31. The van der Waals surface area contributed by atoms with E-state index in [0.717, 1.165) is 29.9 Å². The molecular weight excluding hydrogens is 525 g/mol. The van der Waals surface area contributed by atoms with E-state index in [9.17, 15) is 0 Å². The summed E-state index contributed by atoms with van der Waals surface area (Å²) >= 11 is 12.9. The molecular formula is C28H35Cl2N5O3.